The van der Waals surface area contributed by atoms with Crippen molar-refractivity contribution in [2.45, 2.75) is 50.1 Å². The third-order valence-corrected chi connectivity index (χ3v) is 5.11. The first-order chi connectivity index (χ1) is 7.68. The van der Waals surface area contributed by atoms with E-state index >= 15 is 0 Å². The maximum Gasteiger partial charge on any atom is 0.0850 e. The number of nitrogens with two attached hydrogens (primary N) is 1. The summed E-state index contributed by atoms with van der Waals surface area (Å²) in [5.74, 6) is 1.33. The van der Waals surface area contributed by atoms with Crippen LogP contribution in [0.4, 0.5) is 0 Å². The molecule has 2 saturated heterocycles. The Kier molecular flexibility index (Phi) is 4.53. The SMILES string of the molecule is CC(N)C1CN(C2CCCSC2C)CCO1. The Bertz CT molecular complexity index is 225. The lowest BCUT2D eigenvalue weighted by Crippen LogP contribution is -2.55. The van der Waals surface area contributed by atoms with E-state index in [-0.39, 0.29) is 12.1 Å². The minimum atomic E-state index is 0.148. The zero-order chi connectivity index (χ0) is 11.5. The number of hydrogen-bond acceptors (Lipinski definition) is 4. The molecule has 2 aliphatic rings. The average molecular weight is 244 g/mol. The Balaban J connectivity index is 1.92. The summed E-state index contributed by atoms with van der Waals surface area (Å²) < 4.78 is 5.72. The molecule has 4 heteroatoms. The van der Waals surface area contributed by atoms with Crippen LogP contribution in [0.1, 0.15) is 26.7 Å². The topological polar surface area (TPSA) is 38.5 Å². The third-order valence-electron chi connectivity index (χ3n) is 3.75. The predicted molar refractivity (Wildman–Crippen MR) is 69.9 cm³/mol. The molecule has 0 saturated carbocycles. The van der Waals surface area contributed by atoms with Crippen molar-refractivity contribution >= 4 is 11.8 Å². The lowest BCUT2D eigenvalue weighted by Gasteiger charge is -2.43. The van der Waals surface area contributed by atoms with E-state index in [1.165, 1.54) is 18.6 Å². The van der Waals surface area contributed by atoms with Crippen LogP contribution in [0.3, 0.4) is 0 Å². The van der Waals surface area contributed by atoms with Gasteiger partial charge in [-0.3, -0.25) is 4.90 Å². The van der Waals surface area contributed by atoms with Crippen molar-refractivity contribution in [3.05, 3.63) is 0 Å². The fraction of sp³-hybridized carbons (Fsp3) is 1.00. The van der Waals surface area contributed by atoms with Crippen molar-refractivity contribution in [3.63, 3.8) is 0 Å². The second-order valence-electron chi connectivity index (χ2n) is 5.05. The van der Waals surface area contributed by atoms with Crippen LogP contribution in [-0.4, -0.2) is 53.8 Å². The van der Waals surface area contributed by atoms with E-state index in [0.29, 0.717) is 0 Å². The highest BCUT2D eigenvalue weighted by Gasteiger charge is 2.32. The Morgan fingerprint density at radius 3 is 3.00 bits per heavy atom. The zero-order valence-corrected chi connectivity index (χ0v) is 11.2. The normalized spacial score (nSPS) is 39.6. The van der Waals surface area contributed by atoms with Gasteiger partial charge < -0.3 is 10.5 Å². The van der Waals surface area contributed by atoms with Gasteiger partial charge in [-0.25, -0.2) is 0 Å². The molecule has 4 atom stereocenters. The molecular formula is C12H24N2OS. The van der Waals surface area contributed by atoms with E-state index in [1.807, 2.05) is 6.92 Å². The lowest BCUT2D eigenvalue weighted by molar-refractivity contribution is -0.0527. The molecule has 94 valence electrons. The van der Waals surface area contributed by atoms with Gasteiger partial charge in [0.25, 0.3) is 0 Å². The Morgan fingerprint density at radius 2 is 2.31 bits per heavy atom. The largest absolute Gasteiger partial charge is 0.374 e. The molecule has 16 heavy (non-hydrogen) atoms. The standard InChI is InChI=1S/C12H24N2OS/c1-9(13)12-8-14(5-6-15-12)11-4-3-7-16-10(11)2/h9-12H,3-8,13H2,1-2H3. The molecule has 2 aliphatic heterocycles. The second-order valence-corrected chi connectivity index (χ2v) is 6.53. The van der Waals surface area contributed by atoms with Crippen molar-refractivity contribution in [3.8, 4) is 0 Å². The second kappa shape index (κ2) is 5.71. The fourth-order valence-electron chi connectivity index (χ4n) is 2.70. The van der Waals surface area contributed by atoms with Crippen molar-refractivity contribution in [2.75, 3.05) is 25.4 Å². The summed E-state index contributed by atoms with van der Waals surface area (Å²) in [4.78, 5) is 2.61. The molecule has 0 radical (unpaired) electrons. The highest BCUT2D eigenvalue weighted by molar-refractivity contribution is 7.99. The third kappa shape index (κ3) is 2.92. The molecule has 0 aromatic rings. The van der Waals surface area contributed by atoms with E-state index in [1.54, 1.807) is 0 Å². The molecule has 0 bridgehead atoms. The van der Waals surface area contributed by atoms with Crippen LogP contribution < -0.4 is 5.73 Å². The maximum absolute atomic E-state index is 5.94. The number of ether oxygens (including phenoxy) is 1. The van der Waals surface area contributed by atoms with Gasteiger partial charge in [-0.1, -0.05) is 6.92 Å². The highest BCUT2D eigenvalue weighted by Crippen LogP contribution is 2.29. The van der Waals surface area contributed by atoms with Crippen LogP contribution in [0.15, 0.2) is 0 Å². The predicted octanol–water partition coefficient (Wildman–Crippen LogP) is 1.32. The summed E-state index contributed by atoms with van der Waals surface area (Å²) in [7, 11) is 0. The van der Waals surface area contributed by atoms with E-state index in [4.69, 9.17) is 10.5 Å². The molecule has 2 N–H and O–H groups in total. The van der Waals surface area contributed by atoms with Crippen LogP contribution in [0.5, 0.6) is 0 Å². The molecule has 3 nitrogen and oxygen atoms in total. The zero-order valence-electron chi connectivity index (χ0n) is 10.4. The van der Waals surface area contributed by atoms with Crippen molar-refractivity contribution < 1.29 is 4.74 Å². The Labute approximate surface area is 103 Å². The summed E-state index contributed by atoms with van der Waals surface area (Å²) in [5, 5.41) is 0.764. The van der Waals surface area contributed by atoms with Gasteiger partial charge in [0.1, 0.15) is 0 Å². The quantitative estimate of drug-likeness (QED) is 0.795. The first kappa shape index (κ1) is 12.7. The molecular weight excluding hydrogens is 220 g/mol. The lowest BCUT2D eigenvalue weighted by atomic mass is 10.0. The van der Waals surface area contributed by atoms with Gasteiger partial charge in [-0.15, -0.1) is 0 Å². The van der Waals surface area contributed by atoms with Crippen LogP contribution >= 0.6 is 11.8 Å². The Hall–Kier alpha value is 0.230. The smallest absolute Gasteiger partial charge is 0.0850 e. The van der Waals surface area contributed by atoms with Crippen molar-refractivity contribution in [1.29, 1.82) is 0 Å². The van der Waals surface area contributed by atoms with Crippen molar-refractivity contribution in [1.82, 2.24) is 4.90 Å². The summed E-state index contributed by atoms with van der Waals surface area (Å²) in [5.41, 5.74) is 5.94. The van der Waals surface area contributed by atoms with E-state index < -0.39 is 0 Å². The van der Waals surface area contributed by atoms with Crippen LogP contribution in [0.25, 0.3) is 0 Å². The van der Waals surface area contributed by atoms with Gasteiger partial charge in [0.15, 0.2) is 0 Å². The molecule has 0 amide bonds. The molecule has 2 fully saturated rings. The van der Waals surface area contributed by atoms with Gasteiger partial charge in [0.2, 0.25) is 0 Å². The fourth-order valence-corrected chi connectivity index (χ4v) is 3.94. The first-order valence-corrected chi connectivity index (χ1v) is 7.46. The molecule has 4 unspecified atom stereocenters. The summed E-state index contributed by atoms with van der Waals surface area (Å²) >= 11 is 2.12. The van der Waals surface area contributed by atoms with Gasteiger partial charge >= 0.3 is 0 Å². The number of hydrogen-bond donors (Lipinski definition) is 1. The van der Waals surface area contributed by atoms with Crippen LogP contribution in [-0.2, 0) is 4.74 Å². The minimum Gasteiger partial charge on any atom is -0.374 e. The molecule has 0 spiro atoms. The maximum atomic E-state index is 5.94. The van der Waals surface area contributed by atoms with E-state index in [2.05, 4.69) is 23.6 Å². The number of rotatable bonds is 2. The van der Waals surface area contributed by atoms with Gasteiger partial charge in [0, 0.05) is 30.4 Å². The van der Waals surface area contributed by atoms with Gasteiger partial charge in [-0.05, 0) is 25.5 Å². The summed E-state index contributed by atoms with van der Waals surface area (Å²) in [6, 6.07) is 0.887. The van der Waals surface area contributed by atoms with Gasteiger partial charge in [-0.2, -0.15) is 11.8 Å². The van der Waals surface area contributed by atoms with E-state index in [9.17, 15) is 0 Å². The molecule has 2 heterocycles. The van der Waals surface area contributed by atoms with Crippen LogP contribution in [0.2, 0.25) is 0 Å². The monoisotopic (exact) mass is 244 g/mol. The van der Waals surface area contributed by atoms with Gasteiger partial charge in [0.05, 0.1) is 12.7 Å². The first-order valence-electron chi connectivity index (χ1n) is 6.41. The number of nitrogens with zero attached hydrogens (tertiary/aromatic N) is 1. The highest BCUT2D eigenvalue weighted by atomic mass is 32.2. The van der Waals surface area contributed by atoms with E-state index in [0.717, 1.165) is 31.0 Å². The molecule has 0 aromatic carbocycles. The Morgan fingerprint density at radius 1 is 1.50 bits per heavy atom. The van der Waals surface area contributed by atoms with Crippen molar-refractivity contribution in [2.24, 2.45) is 5.73 Å². The average Bonchev–Trinajstić information content (AvgIpc) is 2.30. The van der Waals surface area contributed by atoms with Crippen LogP contribution in [0, 0.1) is 0 Å². The summed E-state index contributed by atoms with van der Waals surface area (Å²) in [6.45, 7) is 7.37. The number of thioether (sulfide) groups is 1. The molecule has 0 aliphatic carbocycles. The molecule has 2 rings (SSSR count). The minimum absolute atomic E-state index is 0.148. The molecule has 0 aromatic heterocycles. The number of morpholine rings is 1. The summed E-state index contributed by atoms with van der Waals surface area (Å²) in [6.07, 6.45) is 2.94.